The van der Waals surface area contributed by atoms with Crippen molar-refractivity contribution in [2.75, 3.05) is 13.2 Å². The molecule has 6 nitrogen and oxygen atoms in total. The third-order valence-electron chi connectivity index (χ3n) is 4.75. The molecule has 1 fully saturated rings. The van der Waals surface area contributed by atoms with Crippen molar-refractivity contribution in [3.8, 4) is 0 Å². The first-order valence-corrected chi connectivity index (χ1v) is 8.30. The Kier molecular flexibility index (Phi) is 4.02. The SMILES string of the molecule is O=C(c1ccc(F)cn1)N1CCCC[C@H]1c1n[nH]c2c1COCC2. The Morgan fingerprint density at radius 2 is 2.29 bits per heavy atom. The van der Waals surface area contributed by atoms with Crippen LogP contribution in [-0.2, 0) is 17.8 Å². The molecule has 2 aromatic rings. The second-order valence-electron chi connectivity index (χ2n) is 6.24. The average molecular weight is 330 g/mol. The van der Waals surface area contributed by atoms with Crippen molar-refractivity contribution in [2.24, 2.45) is 0 Å². The summed E-state index contributed by atoms with van der Waals surface area (Å²) in [6.07, 6.45) is 4.77. The summed E-state index contributed by atoms with van der Waals surface area (Å²) in [6, 6.07) is 2.62. The smallest absolute Gasteiger partial charge is 0.273 e. The molecule has 0 spiro atoms. The van der Waals surface area contributed by atoms with Crippen LogP contribution in [-0.4, -0.2) is 39.1 Å². The molecule has 2 aliphatic heterocycles. The number of aromatic nitrogens is 3. The lowest BCUT2D eigenvalue weighted by atomic mass is 9.95. The molecule has 0 aromatic carbocycles. The number of piperidine rings is 1. The summed E-state index contributed by atoms with van der Waals surface area (Å²) >= 11 is 0. The van der Waals surface area contributed by atoms with Crippen LogP contribution in [0.2, 0.25) is 0 Å². The van der Waals surface area contributed by atoms with Crippen molar-refractivity contribution in [1.82, 2.24) is 20.1 Å². The van der Waals surface area contributed by atoms with Crippen molar-refractivity contribution >= 4 is 5.91 Å². The lowest BCUT2D eigenvalue weighted by Crippen LogP contribution is -2.39. The van der Waals surface area contributed by atoms with Gasteiger partial charge in [0.05, 0.1) is 31.1 Å². The van der Waals surface area contributed by atoms with Gasteiger partial charge in [-0.05, 0) is 31.4 Å². The van der Waals surface area contributed by atoms with Gasteiger partial charge in [0.1, 0.15) is 11.5 Å². The molecule has 24 heavy (non-hydrogen) atoms. The fourth-order valence-corrected chi connectivity index (χ4v) is 3.52. The van der Waals surface area contributed by atoms with Crippen molar-refractivity contribution in [3.63, 3.8) is 0 Å². The number of H-pyrrole nitrogens is 1. The van der Waals surface area contributed by atoms with Crippen LogP contribution >= 0.6 is 0 Å². The van der Waals surface area contributed by atoms with Gasteiger partial charge in [0.25, 0.3) is 5.91 Å². The van der Waals surface area contributed by atoms with E-state index in [0.717, 1.165) is 48.8 Å². The summed E-state index contributed by atoms with van der Waals surface area (Å²) in [7, 11) is 0. The van der Waals surface area contributed by atoms with E-state index in [1.54, 1.807) is 0 Å². The number of aromatic amines is 1. The Bertz CT molecular complexity index is 744. The van der Waals surface area contributed by atoms with Crippen LogP contribution in [0.1, 0.15) is 52.7 Å². The first-order chi connectivity index (χ1) is 11.7. The van der Waals surface area contributed by atoms with Crippen molar-refractivity contribution in [2.45, 2.75) is 38.3 Å². The number of halogens is 1. The number of hydrogen-bond donors (Lipinski definition) is 1. The summed E-state index contributed by atoms with van der Waals surface area (Å²) in [4.78, 5) is 18.6. The topological polar surface area (TPSA) is 71.1 Å². The van der Waals surface area contributed by atoms with E-state index in [2.05, 4.69) is 15.2 Å². The van der Waals surface area contributed by atoms with E-state index in [-0.39, 0.29) is 17.6 Å². The van der Waals surface area contributed by atoms with Crippen LogP contribution in [0.25, 0.3) is 0 Å². The molecule has 0 unspecified atom stereocenters. The van der Waals surface area contributed by atoms with Gasteiger partial charge in [-0.25, -0.2) is 9.37 Å². The maximum Gasteiger partial charge on any atom is 0.273 e. The van der Waals surface area contributed by atoms with Crippen LogP contribution in [0.4, 0.5) is 4.39 Å². The second-order valence-corrected chi connectivity index (χ2v) is 6.24. The third kappa shape index (κ3) is 2.69. The molecule has 1 amide bonds. The quantitative estimate of drug-likeness (QED) is 0.918. The number of ether oxygens (including phenoxy) is 1. The number of carbonyl (C=O) groups is 1. The minimum absolute atomic E-state index is 0.0835. The van der Waals surface area contributed by atoms with Gasteiger partial charge in [-0.1, -0.05) is 0 Å². The minimum Gasteiger partial charge on any atom is -0.376 e. The molecule has 1 saturated heterocycles. The molecule has 0 saturated carbocycles. The van der Waals surface area contributed by atoms with Crippen LogP contribution in [0.3, 0.4) is 0 Å². The molecule has 4 rings (SSSR count). The van der Waals surface area contributed by atoms with Gasteiger partial charge in [-0.15, -0.1) is 0 Å². The first-order valence-electron chi connectivity index (χ1n) is 8.30. The number of amides is 1. The maximum absolute atomic E-state index is 13.1. The van der Waals surface area contributed by atoms with Gasteiger partial charge >= 0.3 is 0 Å². The van der Waals surface area contributed by atoms with E-state index < -0.39 is 5.82 Å². The predicted octanol–water partition coefficient (Wildman–Crippen LogP) is 2.38. The first kappa shape index (κ1) is 15.3. The molecule has 2 aliphatic rings. The molecule has 4 heterocycles. The Hall–Kier alpha value is -2.28. The zero-order valence-electron chi connectivity index (χ0n) is 13.3. The number of rotatable bonds is 2. The number of nitrogens with zero attached hydrogens (tertiary/aromatic N) is 3. The summed E-state index contributed by atoms with van der Waals surface area (Å²) in [5.41, 5.74) is 3.36. The molecule has 1 atom stereocenters. The van der Waals surface area contributed by atoms with E-state index in [1.807, 2.05) is 4.90 Å². The largest absolute Gasteiger partial charge is 0.376 e. The average Bonchev–Trinajstić information content (AvgIpc) is 3.06. The Morgan fingerprint density at radius 1 is 1.38 bits per heavy atom. The van der Waals surface area contributed by atoms with Crippen LogP contribution in [0.15, 0.2) is 18.3 Å². The van der Waals surface area contributed by atoms with Crippen LogP contribution in [0, 0.1) is 5.82 Å². The number of carbonyl (C=O) groups excluding carboxylic acids is 1. The highest BCUT2D eigenvalue weighted by molar-refractivity contribution is 5.92. The summed E-state index contributed by atoms with van der Waals surface area (Å²) in [5, 5.41) is 7.58. The predicted molar refractivity (Wildman–Crippen MR) is 83.8 cm³/mol. The molecular formula is C17H19FN4O2. The zero-order chi connectivity index (χ0) is 16.5. The molecule has 7 heteroatoms. The van der Waals surface area contributed by atoms with E-state index in [0.29, 0.717) is 19.8 Å². The number of likely N-dealkylation sites (tertiary alicyclic amines) is 1. The van der Waals surface area contributed by atoms with Gasteiger partial charge in [-0.3, -0.25) is 9.89 Å². The summed E-state index contributed by atoms with van der Waals surface area (Å²) in [6.45, 7) is 1.89. The molecule has 1 N–H and O–H groups in total. The highest BCUT2D eigenvalue weighted by Gasteiger charge is 2.33. The van der Waals surface area contributed by atoms with E-state index in [9.17, 15) is 9.18 Å². The monoisotopic (exact) mass is 330 g/mol. The van der Waals surface area contributed by atoms with Gasteiger partial charge in [0, 0.05) is 24.2 Å². The second kappa shape index (κ2) is 6.32. The lowest BCUT2D eigenvalue weighted by Gasteiger charge is -2.35. The van der Waals surface area contributed by atoms with Crippen molar-refractivity contribution in [3.05, 3.63) is 46.8 Å². The molecule has 2 aromatic heterocycles. The highest BCUT2D eigenvalue weighted by Crippen LogP contribution is 2.34. The molecule has 126 valence electrons. The number of fused-ring (bicyclic) bond motifs is 1. The Labute approximate surface area is 139 Å². The Morgan fingerprint density at radius 3 is 3.12 bits per heavy atom. The number of pyridine rings is 1. The van der Waals surface area contributed by atoms with Gasteiger partial charge in [-0.2, -0.15) is 5.10 Å². The van der Waals surface area contributed by atoms with Gasteiger partial charge in [0.15, 0.2) is 0 Å². The fourth-order valence-electron chi connectivity index (χ4n) is 3.52. The highest BCUT2D eigenvalue weighted by atomic mass is 19.1. The zero-order valence-corrected chi connectivity index (χ0v) is 13.3. The van der Waals surface area contributed by atoms with Crippen LogP contribution in [0.5, 0.6) is 0 Å². The van der Waals surface area contributed by atoms with E-state index in [4.69, 9.17) is 4.74 Å². The molecule has 0 bridgehead atoms. The van der Waals surface area contributed by atoms with Gasteiger partial charge < -0.3 is 9.64 Å². The van der Waals surface area contributed by atoms with Crippen molar-refractivity contribution in [1.29, 1.82) is 0 Å². The van der Waals surface area contributed by atoms with E-state index >= 15 is 0 Å². The number of hydrogen-bond acceptors (Lipinski definition) is 4. The van der Waals surface area contributed by atoms with Crippen molar-refractivity contribution < 1.29 is 13.9 Å². The van der Waals surface area contributed by atoms with Gasteiger partial charge in [0.2, 0.25) is 0 Å². The molecular weight excluding hydrogens is 311 g/mol. The summed E-state index contributed by atoms with van der Waals surface area (Å²) < 4.78 is 18.6. The summed E-state index contributed by atoms with van der Waals surface area (Å²) in [5.74, 6) is -0.617. The molecule has 0 aliphatic carbocycles. The maximum atomic E-state index is 13.1. The van der Waals surface area contributed by atoms with Crippen LogP contribution < -0.4 is 0 Å². The van der Waals surface area contributed by atoms with E-state index in [1.165, 1.54) is 12.1 Å². The normalized spacial score (nSPS) is 20.7. The number of nitrogens with one attached hydrogen (secondary N) is 1. The Balaban J connectivity index is 1.65. The standard InChI is InChI=1S/C17H19FN4O2/c18-11-4-5-14(19-9-11)17(23)22-7-2-1-3-15(22)16-12-10-24-8-6-13(12)20-21-16/h4-5,9,15H,1-3,6-8,10H2,(H,20,21)/t15-/m0/s1. The lowest BCUT2D eigenvalue weighted by molar-refractivity contribution is 0.0590. The fraction of sp³-hybridized carbons (Fsp3) is 0.471. The minimum atomic E-state index is -0.444. The third-order valence-corrected chi connectivity index (χ3v) is 4.75. The molecule has 0 radical (unpaired) electrons.